The molecular formula is C20H25N5OS2. The van der Waals surface area contributed by atoms with Gasteiger partial charge in [-0.05, 0) is 45.0 Å². The summed E-state index contributed by atoms with van der Waals surface area (Å²) in [6.07, 6.45) is 0. The number of benzene rings is 1. The number of nitrogens with zero attached hydrogens (tertiary/aromatic N) is 3. The van der Waals surface area contributed by atoms with E-state index in [4.69, 9.17) is 9.72 Å². The monoisotopic (exact) mass is 415 g/mol. The summed E-state index contributed by atoms with van der Waals surface area (Å²) in [5.41, 5.74) is 3.13. The highest BCUT2D eigenvalue weighted by atomic mass is 32.1. The van der Waals surface area contributed by atoms with Crippen LogP contribution in [0.1, 0.15) is 28.2 Å². The van der Waals surface area contributed by atoms with Gasteiger partial charge < -0.3 is 15.4 Å². The molecule has 0 spiro atoms. The number of guanidine groups is 1. The van der Waals surface area contributed by atoms with Crippen molar-refractivity contribution in [1.29, 1.82) is 0 Å². The first kappa shape index (κ1) is 20.3. The van der Waals surface area contributed by atoms with Crippen LogP contribution in [0, 0.1) is 13.8 Å². The summed E-state index contributed by atoms with van der Waals surface area (Å²) < 4.78 is 5.21. The van der Waals surface area contributed by atoms with Crippen molar-refractivity contribution < 1.29 is 4.74 Å². The van der Waals surface area contributed by atoms with Crippen molar-refractivity contribution in [3.8, 4) is 16.3 Å². The first-order valence-electron chi connectivity index (χ1n) is 9.13. The van der Waals surface area contributed by atoms with Crippen molar-refractivity contribution in [1.82, 2.24) is 20.6 Å². The van der Waals surface area contributed by atoms with E-state index in [-0.39, 0.29) is 0 Å². The van der Waals surface area contributed by atoms with E-state index in [1.54, 1.807) is 29.8 Å². The van der Waals surface area contributed by atoms with E-state index in [0.29, 0.717) is 13.1 Å². The molecule has 1 aromatic carbocycles. The van der Waals surface area contributed by atoms with Gasteiger partial charge in [-0.3, -0.25) is 0 Å². The number of thiazole rings is 2. The van der Waals surface area contributed by atoms with Crippen molar-refractivity contribution in [3.63, 3.8) is 0 Å². The second-order valence-electron chi connectivity index (χ2n) is 6.17. The highest BCUT2D eigenvalue weighted by Gasteiger charge is 2.07. The van der Waals surface area contributed by atoms with E-state index in [1.165, 1.54) is 4.88 Å². The number of aliphatic imine (C=N–C) groups is 1. The summed E-state index contributed by atoms with van der Waals surface area (Å²) >= 11 is 3.34. The Hall–Kier alpha value is -2.45. The number of hydrogen-bond acceptors (Lipinski definition) is 6. The highest BCUT2D eigenvalue weighted by molar-refractivity contribution is 7.13. The molecule has 2 aromatic heterocycles. The van der Waals surface area contributed by atoms with Crippen molar-refractivity contribution in [2.75, 3.05) is 13.7 Å². The molecule has 3 aromatic rings. The van der Waals surface area contributed by atoms with Gasteiger partial charge in [-0.25, -0.2) is 15.0 Å². The smallest absolute Gasteiger partial charge is 0.191 e. The summed E-state index contributed by atoms with van der Waals surface area (Å²) in [7, 11) is 1.67. The van der Waals surface area contributed by atoms with Crippen molar-refractivity contribution >= 4 is 28.6 Å². The van der Waals surface area contributed by atoms with Crippen LogP contribution >= 0.6 is 22.7 Å². The molecule has 2 heterocycles. The number of rotatable bonds is 7. The number of hydrogen-bond donors (Lipinski definition) is 2. The van der Waals surface area contributed by atoms with Crippen LogP contribution in [-0.2, 0) is 13.1 Å². The Morgan fingerprint density at radius 2 is 1.93 bits per heavy atom. The predicted octanol–water partition coefficient (Wildman–Crippen LogP) is 4.15. The third kappa shape index (κ3) is 5.30. The maximum absolute atomic E-state index is 5.21. The molecule has 0 atom stereocenters. The first-order valence-corrected chi connectivity index (χ1v) is 10.8. The van der Waals surface area contributed by atoms with E-state index < -0.39 is 0 Å². The average molecular weight is 416 g/mol. The minimum Gasteiger partial charge on any atom is -0.497 e. The van der Waals surface area contributed by atoms with Gasteiger partial charge in [-0.2, -0.15) is 0 Å². The molecule has 2 N–H and O–H groups in total. The Bertz CT molecular complexity index is 911. The van der Waals surface area contributed by atoms with Gasteiger partial charge in [-0.1, -0.05) is 0 Å². The first-order chi connectivity index (χ1) is 13.6. The molecule has 0 saturated heterocycles. The molecule has 0 aliphatic carbocycles. The molecule has 0 unspecified atom stereocenters. The summed E-state index contributed by atoms with van der Waals surface area (Å²) in [4.78, 5) is 15.2. The van der Waals surface area contributed by atoms with Crippen LogP contribution in [0.2, 0.25) is 0 Å². The van der Waals surface area contributed by atoms with Crippen molar-refractivity contribution in [2.24, 2.45) is 4.99 Å². The molecule has 0 aliphatic rings. The molecule has 8 heteroatoms. The fraction of sp³-hybridized carbons (Fsp3) is 0.350. The maximum Gasteiger partial charge on any atom is 0.191 e. The molecule has 28 heavy (non-hydrogen) atoms. The molecule has 0 amide bonds. The number of nitrogens with one attached hydrogen (secondary N) is 2. The predicted molar refractivity (Wildman–Crippen MR) is 117 cm³/mol. The molecule has 6 nitrogen and oxygen atoms in total. The lowest BCUT2D eigenvalue weighted by atomic mass is 10.2. The Balaban J connectivity index is 1.63. The normalized spacial score (nSPS) is 11.5. The molecule has 0 aliphatic heterocycles. The van der Waals surface area contributed by atoms with E-state index >= 15 is 0 Å². The minimum absolute atomic E-state index is 0.526. The van der Waals surface area contributed by atoms with Gasteiger partial charge >= 0.3 is 0 Å². The van der Waals surface area contributed by atoms with Crippen LogP contribution < -0.4 is 15.4 Å². The number of methoxy groups -OCH3 is 1. The SMILES string of the molecule is CCNC(=NCc1csc(-c2ccc(OC)cc2)n1)NCc1nc(C)c(C)s1. The Labute approximate surface area is 173 Å². The molecule has 3 rings (SSSR count). The Kier molecular flexibility index (Phi) is 7.00. The molecule has 0 radical (unpaired) electrons. The lowest BCUT2D eigenvalue weighted by Gasteiger charge is -2.09. The molecule has 0 saturated carbocycles. The molecular weight excluding hydrogens is 390 g/mol. The van der Waals surface area contributed by atoms with Crippen LogP contribution in [0.5, 0.6) is 5.75 Å². The van der Waals surface area contributed by atoms with Gasteiger partial charge in [0.05, 0.1) is 31.6 Å². The highest BCUT2D eigenvalue weighted by Crippen LogP contribution is 2.26. The third-order valence-corrected chi connectivity index (χ3v) is 6.13. The third-order valence-electron chi connectivity index (χ3n) is 4.11. The molecule has 148 valence electrons. The Morgan fingerprint density at radius 3 is 2.57 bits per heavy atom. The maximum atomic E-state index is 5.21. The molecule has 0 bridgehead atoms. The van der Waals surface area contributed by atoms with Gasteiger partial charge in [0.25, 0.3) is 0 Å². The number of ether oxygens (including phenoxy) is 1. The lowest BCUT2D eigenvalue weighted by Crippen LogP contribution is -2.36. The number of aryl methyl sites for hydroxylation is 2. The second kappa shape index (κ2) is 9.66. The van der Waals surface area contributed by atoms with Crippen molar-refractivity contribution in [3.05, 3.63) is 50.9 Å². The van der Waals surface area contributed by atoms with Gasteiger partial charge in [-0.15, -0.1) is 22.7 Å². The zero-order valence-electron chi connectivity index (χ0n) is 16.6. The quantitative estimate of drug-likeness (QED) is 0.448. The zero-order valence-corrected chi connectivity index (χ0v) is 18.2. The second-order valence-corrected chi connectivity index (χ2v) is 8.32. The molecule has 0 fully saturated rings. The summed E-state index contributed by atoms with van der Waals surface area (Å²) in [6, 6.07) is 7.94. The van der Waals surface area contributed by atoms with Crippen LogP contribution in [0.25, 0.3) is 10.6 Å². The van der Waals surface area contributed by atoms with Crippen LogP contribution in [-0.4, -0.2) is 29.6 Å². The zero-order chi connectivity index (χ0) is 19.9. The van der Waals surface area contributed by atoms with E-state index in [1.807, 2.05) is 31.2 Å². The van der Waals surface area contributed by atoms with Gasteiger partial charge in [0.1, 0.15) is 15.8 Å². The van der Waals surface area contributed by atoms with Gasteiger partial charge in [0.15, 0.2) is 5.96 Å². The Morgan fingerprint density at radius 1 is 1.14 bits per heavy atom. The largest absolute Gasteiger partial charge is 0.497 e. The van der Waals surface area contributed by atoms with E-state index in [2.05, 4.69) is 39.8 Å². The fourth-order valence-electron chi connectivity index (χ4n) is 2.52. The standard InChI is InChI=1S/C20H25N5OS2/c1-5-21-20(23-11-18-24-13(2)14(3)28-18)22-10-16-12-27-19(25-16)15-6-8-17(26-4)9-7-15/h6-9,12H,5,10-11H2,1-4H3,(H2,21,22,23). The van der Waals surface area contributed by atoms with E-state index in [9.17, 15) is 0 Å². The van der Waals surface area contributed by atoms with Crippen LogP contribution in [0.3, 0.4) is 0 Å². The summed E-state index contributed by atoms with van der Waals surface area (Å²) in [5.74, 6) is 1.61. The van der Waals surface area contributed by atoms with Gasteiger partial charge in [0, 0.05) is 22.4 Å². The van der Waals surface area contributed by atoms with Crippen LogP contribution in [0.15, 0.2) is 34.6 Å². The summed E-state index contributed by atoms with van der Waals surface area (Å²) in [5, 5.41) is 10.7. The number of aromatic nitrogens is 2. The summed E-state index contributed by atoms with van der Waals surface area (Å²) in [6.45, 7) is 8.18. The topological polar surface area (TPSA) is 71.4 Å². The lowest BCUT2D eigenvalue weighted by molar-refractivity contribution is 0.415. The van der Waals surface area contributed by atoms with Crippen molar-refractivity contribution in [2.45, 2.75) is 33.9 Å². The fourth-order valence-corrected chi connectivity index (χ4v) is 4.21. The minimum atomic E-state index is 0.526. The van der Waals surface area contributed by atoms with E-state index in [0.717, 1.165) is 45.2 Å². The average Bonchev–Trinajstić information content (AvgIpc) is 3.31. The van der Waals surface area contributed by atoms with Gasteiger partial charge in [0.2, 0.25) is 0 Å². The van der Waals surface area contributed by atoms with Crippen LogP contribution in [0.4, 0.5) is 0 Å².